The molecule has 22 heavy (non-hydrogen) atoms. The lowest BCUT2D eigenvalue weighted by atomic mass is 10.2. The molecular weight excluding hydrogens is 288 g/mol. The fourth-order valence-electron chi connectivity index (χ4n) is 1.87. The van der Waals surface area contributed by atoms with Gasteiger partial charge in [0.25, 0.3) is 5.56 Å². The average Bonchev–Trinajstić information content (AvgIpc) is 2.81. The number of carbonyl (C=O) groups excluding carboxylic acids is 1. The van der Waals surface area contributed by atoms with Gasteiger partial charge in [-0.3, -0.25) is 14.7 Å². The molecule has 0 saturated carbocycles. The summed E-state index contributed by atoms with van der Waals surface area (Å²) in [6.07, 6.45) is 1.20. The van der Waals surface area contributed by atoms with Gasteiger partial charge in [-0.2, -0.15) is 5.10 Å². The molecule has 116 valence electrons. The van der Waals surface area contributed by atoms with Gasteiger partial charge in [0.1, 0.15) is 0 Å². The van der Waals surface area contributed by atoms with Crippen molar-refractivity contribution in [2.24, 2.45) is 5.10 Å². The normalized spacial score (nSPS) is 10.8. The van der Waals surface area contributed by atoms with Crippen LogP contribution in [0.1, 0.15) is 16.8 Å². The first-order valence-corrected chi connectivity index (χ1v) is 6.47. The lowest BCUT2D eigenvalue weighted by Gasteiger charge is -2.04. The minimum atomic E-state index is -0.438. The summed E-state index contributed by atoms with van der Waals surface area (Å²) in [6, 6.07) is 4.91. The molecule has 0 aliphatic rings. The van der Waals surface area contributed by atoms with E-state index in [1.54, 1.807) is 25.1 Å². The van der Waals surface area contributed by atoms with Crippen LogP contribution in [0.3, 0.4) is 0 Å². The van der Waals surface area contributed by atoms with Crippen LogP contribution in [-0.4, -0.2) is 34.5 Å². The number of benzene rings is 1. The van der Waals surface area contributed by atoms with E-state index in [1.807, 2.05) is 0 Å². The number of aromatic nitrogens is 2. The SMILES string of the molecule is COc1cccc(C=NNC(=O)Cc2c(C)[nH][nH]c2=O)c1O. The zero-order valence-electron chi connectivity index (χ0n) is 12.1. The van der Waals surface area contributed by atoms with Gasteiger partial charge in [0.2, 0.25) is 5.91 Å². The first-order valence-electron chi connectivity index (χ1n) is 6.47. The summed E-state index contributed by atoms with van der Waals surface area (Å²) in [5, 5.41) is 18.7. The summed E-state index contributed by atoms with van der Waals surface area (Å²) in [7, 11) is 1.44. The van der Waals surface area contributed by atoms with Gasteiger partial charge < -0.3 is 14.9 Å². The Morgan fingerprint density at radius 1 is 1.45 bits per heavy atom. The van der Waals surface area contributed by atoms with Crippen molar-refractivity contribution in [3.05, 3.63) is 45.4 Å². The van der Waals surface area contributed by atoms with Crippen molar-refractivity contribution in [3.8, 4) is 11.5 Å². The molecular formula is C14H16N4O4. The molecule has 8 nitrogen and oxygen atoms in total. The Labute approximate surface area is 125 Å². The number of aromatic amines is 2. The highest BCUT2D eigenvalue weighted by atomic mass is 16.5. The fourth-order valence-corrected chi connectivity index (χ4v) is 1.87. The number of aryl methyl sites for hydroxylation is 1. The molecule has 4 N–H and O–H groups in total. The van der Waals surface area contributed by atoms with E-state index < -0.39 is 5.91 Å². The van der Waals surface area contributed by atoms with Crippen LogP contribution < -0.4 is 15.7 Å². The summed E-state index contributed by atoms with van der Waals surface area (Å²) in [5.41, 5.74) is 3.33. The Kier molecular flexibility index (Phi) is 4.62. The minimum absolute atomic E-state index is 0.0686. The van der Waals surface area contributed by atoms with Gasteiger partial charge in [0.05, 0.1) is 19.7 Å². The second kappa shape index (κ2) is 6.61. The zero-order chi connectivity index (χ0) is 16.1. The van der Waals surface area contributed by atoms with Crippen LogP contribution in [-0.2, 0) is 11.2 Å². The van der Waals surface area contributed by atoms with Crippen molar-refractivity contribution < 1.29 is 14.6 Å². The van der Waals surface area contributed by atoms with E-state index in [0.717, 1.165) is 0 Å². The molecule has 1 aromatic heterocycles. The molecule has 1 aromatic carbocycles. The maximum atomic E-state index is 11.7. The predicted octanol–water partition coefficient (Wildman–Crippen LogP) is 0.418. The summed E-state index contributed by atoms with van der Waals surface area (Å²) in [5.74, 6) is -0.197. The monoisotopic (exact) mass is 304 g/mol. The van der Waals surface area contributed by atoms with Gasteiger partial charge in [-0.05, 0) is 19.1 Å². The number of phenols is 1. The lowest BCUT2D eigenvalue weighted by molar-refractivity contribution is -0.120. The molecule has 1 amide bonds. The number of nitrogens with one attached hydrogen (secondary N) is 3. The number of hydrogen-bond donors (Lipinski definition) is 4. The highest BCUT2D eigenvalue weighted by Crippen LogP contribution is 2.27. The van der Waals surface area contributed by atoms with Crippen LogP contribution in [0.25, 0.3) is 0 Å². The lowest BCUT2D eigenvalue weighted by Crippen LogP contribution is -2.23. The molecule has 1 heterocycles. The van der Waals surface area contributed by atoms with Crippen LogP contribution in [0.4, 0.5) is 0 Å². The number of carbonyl (C=O) groups is 1. The zero-order valence-corrected chi connectivity index (χ0v) is 12.1. The Hall–Kier alpha value is -3.03. The fraction of sp³-hybridized carbons (Fsp3) is 0.214. The van der Waals surface area contributed by atoms with Crippen molar-refractivity contribution in [1.82, 2.24) is 15.6 Å². The van der Waals surface area contributed by atoms with Gasteiger partial charge in [0.15, 0.2) is 11.5 Å². The Morgan fingerprint density at radius 3 is 2.86 bits per heavy atom. The molecule has 0 saturated heterocycles. The highest BCUT2D eigenvalue weighted by molar-refractivity contribution is 5.86. The number of phenolic OH excluding ortho intramolecular Hbond substituents is 1. The van der Waals surface area contributed by atoms with Crippen molar-refractivity contribution in [3.63, 3.8) is 0 Å². The van der Waals surface area contributed by atoms with E-state index in [1.165, 1.54) is 13.3 Å². The standard InChI is InChI=1S/C14H16N4O4/c1-8-10(14(21)18-16-8)6-12(19)17-15-7-9-4-3-5-11(22-2)13(9)20/h3-5,7,20H,6H2,1-2H3,(H,17,19)(H2,16,18,21). The molecule has 0 radical (unpaired) electrons. The van der Waals surface area contributed by atoms with E-state index in [2.05, 4.69) is 20.7 Å². The van der Waals surface area contributed by atoms with Gasteiger partial charge in [0, 0.05) is 16.8 Å². The van der Waals surface area contributed by atoms with Gasteiger partial charge in [-0.25, -0.2) is 5.43 Å². The molecule has 0 bridgehead atoms. The van der Waals surface area contributed by atoms with Crippen molar-refractivity contribution in [2.75, 3.05) is 7.11 Å². The summed E-state index contributed by atoms with van der Waals surface area (Å²) >= 11 is 0. The van der Waals surface area contributed by atoms with E-state index in [9.17, 15) is 14.7 Å². The van der Waals surface area contributed by atoms with E-state index in [-0.39, 0.29) is 17.7 Å². The molecule has 0 aliphatic heterocycles. The van der Waals surface area contributed by atoms with Gasteiger partial charge in [-0.1, -0.05) is 6.07 Å². The number of ether oxygens (including phenoxy) is 1. The van der Waals surface area contributed by atoms with Crippen molar-refractivity contribution in [1.29, 1.82) is 0 Å². The number of para-hydroxylation sites is 1. The number of hydrogen-bond acceptors (Lipinski definition) is 5. The number of amides is 1. The molecule has 0 unspecified atom stereocenters. The van der Waals surface area contributed by atoms with Gasteiger partial charge in [-0.15, -0.1) is 0 Å². The van der Waals surface area contributed by atoms with Crippen LogP contribution in [0.2, 0.25) is 0 Å². The van der Waals surface area contributed by atoms with E-state index in [4.69, 9.17) is 4.74 Å². The maximum absolute atomic E-state index is 11.7. The Bertz CT molecular complexity index is 760. The first kappa shape index (κ1) is 15.4. The summed E-state index contributed by atoms with van der Waals surface area (Å²) < 4.78 is 4.97. The first-order chi connectivity index (χ1) is 10.5. The number of methoxy groups -OCH3 is 1. The Morgan fingerprint density at radius 2 is 2.23 bits per heavy atom. The molecule has 0 atom stereocenters. The van der Waals surface area contributed by atoms with Crippen molar-refractivity contribution >= 4 is 12.1 Å². The molecule has 2 aromatic rings. The molecule has 8 heteroatoms. The van der Waals surface area contributed by atoms with Gasteiger partial charge >= 0.3 is 0 Å². The smallest absolute Gasteiger partial charge is 0.267 e. The number of nitrogens with zero attached hydrogens (tertiary/aromatic N) is 1. The third-order valence-electron chi connectivity index (χ3n) is 3.07. The molecule has 0 spiro atoms. The van der Waals surface area contributed by atoms with E-state index >= 15 is 0 Å². The number of H-pyrrole nitrogens is 2. The predicted molar refractivity (Wildman–Crippen MR) is 80.2 cm³/mol. The quantitative estimate of drug-likeness (QED) is 0.472. The second-order valence-electron chi connectivity index (χ2n) is 4.55. The third-order valence-corrected chi connectivity index (χ3v) is 3.07. The van der Waals surface area contributed by atoms with Crippen LogP contribution in [0, 0.1) is 6.92 Å². The number of rotatable bonds is 5. The minimum Gasteiger partial charge on any atom is -0.504 e. The molecule has 2 rings (SSSR count). The highest BCUT2D eigenvalue weighted by Gasteiger charge is 2.11. The van der Waals surface area contributed by atoms with Crippen LogP contribution >= 0.6 is 0 Å². The molecule has 0 aliphatic carbocycles. The van der Waals surface area contributed by atoms with Crippen LogP contribution in [0.15, 0.2) is 28.1 Å². The third kappa shape index (κ3) is 3.35. The van der Waals surface area contributed by atoms with E-state index in [0.29, 0.717) is 22.6 Å². The summed E-state index contributed by atoms with van der Waals surface area (Å²) in [4.78, 5) is 23.2. The number of aromatic hydroxyl groups is 1. The topological polar surface area (TPSA) is 120 Å². The summed E-state index contributed by atoms with van der Waals surface area (Å²) in [6.45, 7) is 1.69. The molecule has 0 fully saturated rings. The average molecular weight is 304 g/mol. The number of hydrazone groups is 1. The largest absolute Gasteiger partial charge is 0.504 e. The Balaban J connectivity index is 2.01. The maximum Gasteiger partial charge on any atom is 0.267 e. The van der Waals surface area contributed by atoms with Crippen LogP contribution in [0.5, 0.6) is 11.5 Å². The second-order valence-corrected chi connectivity index (χ2v) is 4.55. The van der Waals surface area contributed by atoms with Crippen molar-refractivity contribution in [2.45, 2.75) is 13.3 Å².